The number of anilines is 1. The van der Waals surface area contributed by atoms with Crippen LogP contribution in [0, 0.1) is 6.92 Å². The maximum atomic E-state index is 6.19. The predicted molar refractivity (Wildman–Crippen MR) is 96.7 cm³/mol. The van der Waals surface area contributed by atoms with Gasteiger partial charge < -0.3 is 10.1 Å². The molecule has 0 spiro atoms. The van der Waals surface area contributed by atoms with Crippen LogP contribution in [0.4, 0.5) is 5.82 Å². The van der Waals surface area contributed by atoms with Crippen LogP contribution in [-0.2, 0) is 6.42 Å². The molecule has 0 bridgehead atoms. The van der Waals surface area contributed by atoms with Crippen molar-refractivity contribution in [3.05, 3.63) is 64.7 Å². The summed E-state index contributed by atoms with van der Waals surface area (Å²) >= 11 is 6.19. The number of para-hydroxylation sites is 1. The van der Waals surface area contributed by atoms with Crippen LogP contribution in [0.15, 0.2) is 48.5 Å². The summed E-state index contributed by atoms with van der Waals surface area (Å²) in [6.45, 7) is 2.86. The average molecular weight is 327 g/mol. The molecule has 0 amide bonds. The molecule has 0 aliphatic heterocycles. The first-order chi connectivity index (χ1) is 11.2. The normalized spacial score (nSPS) is 10.7. The number of aryl methyl sites for hydroxylation is 1. The number of methoxy groups -OCH3 is 1. The van der Waals surface area contributed by atoms with Crippen molar-refractivity contribution < 1.29 is 4.74 Å². The molecule has 3 aromatic rings. The van der Waals surface area contributed by atoms with Gasteiger partial charge >= 0.3 is 0 Å². The van der Waals surface area contributed by atoms with E-state index in [0.717, 1.165) is 46.0 Å². The highest BCUT2D eigenvalue weighted by Gasteiger charge is 2.07. The molecule has 3 rings (SSSR count). The van der Waals surface area contributed by atoms with Gasteiger partial charge in [-0.2, -0.15) is 0 Å². The fourth-order valence-corrected chi connectivity index (χ4v) is 2.90. The molecule has 1 heterocycles. The van der Waals surface area contributed by atoms with E-state index in [9.17, 15) is 0 Å². The van der Waals surface area contributed by atoms with Gasteiger partial charge in [-0.25, -0.2) is 4.98 Å². The van der Waals surface area contributed by atoms with Crippen LogP contribution in [-0.4, -0.2) is 18.6 Å². The zero-order valence-electron chi connectivity index (χ0n) is 13.3. The highest BCUT2D eigenvalue weighted by Crippen LogP contribution is 2.27. The Kier molecular flexibility index (Phi) is 4.68. The summed E-state index contributed by atoms with van der Waals surface area (Å²) in [5.41, 5.74) is 3.20. The van der Waals surface area contributed by atoms with Gasteiger partial charge in [0.15, 0.2) is 0 Å². The molecular weight excluding hydrogens is 308 g/mol. The third-order valence-electron chi connectivity index (χ3n) is 3.89. The monoisotopic (exact) mass is 326 g/mol. The molecule has 0 aliphatic carbocycles. The summed E-state index contributed by atoms with van der Waals surface area (Å²) in [6, 6.07) is 16.0. The van der Waals surface area contributed by atoms with Gasteiger partial charge in [0.2, 0.25) is 0 Å². The quantitative estimate of drug-likeness (QED) is 0.727. The van der Waals surface area contributed by atoms with Gasteiger partial charge in [-0.1, -0.05) is 41.9 Å². The highest BCUT2D eigenvalue weighted by molar-refractivity contribution is 6.31. The van der Waals surface area contributed by atoms with Gasteiger partial charge in [-0.15, -0.1) is 0 Å². The first kappa shape index (κ1) is 15.6. The van der Waals surface area contributed by atoms with Crippen molar-refractivity contribution in [2.75, 3.05) is 19.0 Å². The molecule has 1 N–H and O–H groups in total. The van der Waals surface area contributed by atoms with E-state index in [1.165, 1.54) is 5.56 Å². The fourth-order valence-electron chi connectivity index (χ4n) is 2.67. The number of aromatic nitrogens is 1. The fraction of sp³-hybridized carbons (Fsp3) is 0.211. The number of hydrogen-bond donors (Lipinski definition) is 1. The number of benzene rings is 2. The second kappa shape index (κ2) is 6.88. The summed E-state index contributed by atoms with van der Waals surface area (Å²) in [5.74, 6) is 1.65. The highest BCUT2D eigenvalue weighted by atomic mass is 35.5. The minimum Gasteiger partial charge on any atom is -0.494 e. The number of ether oxygens (including phenoxy) is 1. The third kappa shape index (κ3) is 3.40. The lowest BCUT2D eigenvalue weighted by Crippen LogP contribution is -2.07. The number of nitrogens with one attached hydrogen (secondary N) is 1. The summed E-state index contributed by atoms with van der Waals surface area (Å²) < 4.78 is 5.42. The van der Waals surface area contributed by atoms with Crippen LogP contribution in [0.5, 0.6) is 5.75 Å². The molecule has 0 unspecified atom stereocenters. The van der Waals surface area contributed by atoms with Gasteiger partial charge in [0, 0.05) is 17.0 Å². The Morgan fingerprint density at radius 3 is 2.74 bits per heavy atom. The zero-order valence-corrected chi connectivity index (χ0v) is 14.0. The SMILES string of the molecule is COc1cccc2c(C)cc(NCCc3ccccc3Cl)nc12. The lowest BCUT2D eigenvalue weighted by Gasteiger charge is -2.11. The Morgan fingerprint density at radius 2 is 1.96 bits per heavy atom. The molecule has 4 heteroatoms. The van der Waals surface area contributed by atoms with E-state index >= 15 is 0 Å². The van der Waals surface area contributed by atoms with Crippen molar-refractivity contribution in [3.8, 4) is 5.75 Å². The Bertz CT molecular complexity index is 833. The smallest absolute Gasteiger partial charge is 0.145 e. The zero-order chi connectivity index (χ0) is 16.2. The first-order valence-electron chi connectivity index (χ1n) is 7.60. The number of fused-ring (bicyclic) bond motifs is 1. The molecule has 0 fully saturated rings. The second-order valence-corrected chi connectivity index (χ2v) is 5.86. The summed E-state index contributed by atoms with van der Waals surface area (Å²) in [5, 5.41) is 5.30. The van der Waals surface area contributed by atoms with Crippen molar-refractivity contribution in [1.82, 2.24) is 4.98 Å². The van der Waals surface area contributed by atoms with Crippen molar-refractivity contribution in [1.29, 1.82) is 0 Å². The van der Waals surface area contributed by atoms with Gasteiger partial charge in [-0.3, -0.25) is 0 Å². The number of rotatable bonds is 5. The van der Waals surface area contributed by atoms with Crippen LogP contribution >= 0.6 is 11.6 Å². The van der Waals surface area contributed by atoms with E-state index in [2.05, 4.69) is 24.4 Å². The van der Waals surface area contributed by atoms with Gasteiger partial charge in [0.1, 0.15) is 17.1 Å². The molecule has 23 heavy (non-hydrogen) atoms. The average Bonchev–Trinajstić information content (AvgIpc) is 2.56. The van der Waals surface area contributed by atoms with Crippen molar-refractivity contribution in [2.45, 2.75) is 13.3 Å². The summed E-state index contributed by atoms with van der Waals surface area (Å²) in [7, 11) is 1.67. The second-order valence-electron chi connectivity index (χ2n) is 5.45. The molecule has 0 saturated carbocycles. The molecule has 3 nitrogen and oxygen atoms in total. The van der Waals surface area contributed by atoms with Crippen molar-refractivity contribution >= 4 is 28.3 Å². The van der Waals surface area contributed by atoms with E-state index < -0.39 is 0 Å². The maximum absolute atomic E-state index is 6.19. The van der Waals surface area contributed by atoms with Crippen LogP contribution in [0.3, 0.4) is 0 Å². The Balaban J connectivity index is 1.79. The van der Waals surface area contributed by atoms with E-state index in [1.54, 1.807) is 7.11 Å². The van der Waals surface area contributed by atoms with E-state index in [-0.39, 0.29) is 0 Å². The maximum Gasteiger partial charge on any atom is 0.145 e. The molecule has 0 aliphatic rings. The molecule has 0 atom stereocenters. The van der Waals surface area contributed by atoms with Gasteiger partial charge in [0.05, 0.1) is 7.11 Å². The van der Waals surface area contributed by atoms with Crippen LogP contribution in [0.2, 0.25) is 5.02 Å². The van der Waals surface area contributed by atoms with Gasteiger partial charge in [0.25, 0.3) is 0 Å². The number of halogens is 1. The molecule has 1 aromatic heterocycles. The predicted octanol–water partition coefficient (Wildman–Crippen LogP) is 4.86. The minimum atomic E-state index is 0.775. The third-order valence-corrected chi connectivity index (χ3v) is 4.26. The first-order valence-corrected chi connectivity index (χ1v) is 7.98. The topological polar surface area (TPSA) is 34.1 Å². The number of hydrogen-bond acceptors (Lipinski definition) is 3. The van der Waals surface area contributed by atoms with E-state index in [1.807, 2.05) is 36.4 Å². The number of pyridine rings is 1. The van der Waals surface area contributed by atoms with Crippen LogP contribution in [0.1, 0.15) is 11.1 Å². The Morgan fingerprint density at radius 1 is 1.13 bits per heavy atom. The lowest BCUT2D eigenvalue weighted by atomic mass is 10.1. The molecule has 0 saturated heterocycles. The van der Waals surface area contributed by atoms with Crippen molar-refractivity contribution in [3.63, 3.8) is 0 Å². The molecular formula is C19H19ClN2O. The minimum absolute atomic E-state index is 0.775. The van der Waals surface area contributed by atoms with Crippen LogP contribution < -0.4 is 10.1 Å². The van der Waals surface area contributed by atoms with E-state index in [4.69, 9.17) is 21.3 Å². The molecule has 2 aromatic carbocycles. The Labute approximate surface area is 141 Å². The molecule has 0 radical (unpaired) electrons. The number of nitrogens with zero attached hydrogens (tertiary/aromatic N) is 1. The van der Waals surface area contributed by atoms with Crippen molar-refractivity contribution in [2.24, 2.45) is 0 Å². The van der Waals surface area contributed by atoms with Crippen LogP contribution in [0.25, 0.3) is 10.9 Å². The summed E-state index contributed by atoms with van der Waals surface area (Å²) in [6.07, 6.45) is 0.852. The standard InChI is InChI=1S/C19H19ClN2O/c1-13-12-18(21-11-10-14-6-3-4-8-16(14)20)22-19-15(13)7-5-9-17(19)23-2/h3-9,12H,10-11H2,1-2H3,(H,21,22). The lowest BCUT2D eigenvalue weighted by molar-refractivity contribution is 0.419. The van der Waals surface area contributed by atoms with E-state index in [0.29, 0.717) is 0 Å². The summed E-state index contributed by atoms with van der Waals surface area (Å²) in [4.78, 5) is 4.69. The molecule has 118 valence electrons. The Hall–Kier alpha value is -2.26. The van der Waals surface area contributed by atoms with Gasteiger partial charge in [-0.05, 0) is 42.7 Å². The largest absolute Gasteiger partial charge is 0.494 e.